The monoisotopic (exact) mass is 328 g/mol. The molecular weight excluding hydrogens is 311 g/mol. The second kappa shape index (κ2) is 6.81. The molecule has 1 heterocycles. The van der Waals surface area contributed by atoms with E-state index in [0.29, 0.717) is 0 Å². The predicted molar refractivity (Wildman–Crippen MR) is 90.2 cm³/mol. The van der Waals surface area contributed by atoms with E-state index in [2.05, 4.69) is 24.1 Å². The number of rotatable bonds is 5. The number of thiophene rings is 1. The highest BCUT2D eigenvalue weighted by Crippen LogP contribution is 2.30. The lowest BCUT2D eigenvalue weighted by Crippen LogP contribution is -2.22. The molecule has 0 saturated heterocycles. The fourth-order valence-electron chi connectivity index (χ4n) is 2.18. The first-order valence-corrected chi connectivity index (χ1v) is 8.03. The topological polar surface area (TPSA) is 29.3 Å². The van der Waals surface area contributed by atoms with Gasteiger partial charge in [-0.05, 0) is 43.2 Å². The molecule has 108 valence electrons. The maximum Gasteiger partial charge on any atom is 0.0931 e. The third-order valence-corrected chi connectivity index (χ3v) is 4.62. The molecule has 0 saturated carbocycles. The lowest BCUT2D eigenvalue weighted by atomic mass is 10.0. The Labute approximate surface area is 134 Å². The highest BCUT2D eigenvalue weighted by molar-refractivity contribution is 7.16. The lowest BCUT2D eigenvalue weighted by Gasteiger charge is -2.23. The molecule has 5 heteroatoms. The lowest BCUT2D eigenvalue weighted by molar-refractivity contribution is 0.734. The number of hydrogen-bond acceptors (Lipinski definition) is 3. The van der Waals surface area contributed by atoms with Crippen molar-refractivity contribution in [2.24, 2.45) is 5.73 Å². The normalized spacial score (nSPS) is 12.4. The number of nitrogens with zero attached hydrogens (tertiary/aromatic N) is 1. The van der Waals surface area contributed by atoms with Gasteiger partial charge in [0.15, 0.2) is 0 Å². The van der Waals surface area contributed by atoms with Crippen LogP contribution in [0.25, 0.3) is 0 Å². The van der Waals surface area contributed by atoms with Gasteiger partial charge in [0.2, 0.25) is 0 Å². The summed E-state index contributed by atoms with van der Waals surface area (Å²) in [5, 5.41) is 0.774. The Bertz CT molecular complexity index is 581. The first-order chi connectivity index (χ1) is 9.47. The van der Waals surface area contributed by atoms with Crippen LogP contribution >= 0.6 is 34.5 Å². The highest BCUT2D eigenvalue weighted by atomic mass is 35.5. The predicted octanol–water partition coefficient (Wildman–Crippen LogP) is 4.58. The Balaban J connectivity index is 2.24. The van der Waals surface area contributed by atoms with Crippen molar-refractivity contribution in [3.05, 3.63) is 50.1 Å². The zero-order valence-electron chi connectivity index (χ0n) is 11.6. The van der Waals surface area contributed by atoms with Crippen molar-refractivity contribution < 1.29 is 0 Å². The van der Waals surface area contributed by atoms with Crippen LogP contribution in [-0.2, 0) is 13.0 Å². The van der Waals surface area contributed by atoms with Gasteiger partial charge in [-0.2, -0.15) is 0 Å². The SMILES string of the molecule is CC(N)Cc1c(Cl)cccc1N(C)Cc1ccc(Cl)s1. The number of nitrogens with two attached hydrogens (primary N) is 1. The maximum absolute atomic E-state index is 6.32. The average Bonchev–Trinajstić information content (AvgIpc) is 2.76. The number of benzene rings is 1. The van der Waals surface area contributed by atoms with Crippen molar-refractivity contribution >= 4 is 40.2 Å². The molecule has 1 aromatic heterocycles. The minimum atomic E-state index is 0.0817. The number of anilines is 1. The summed E-state index contributed by atoms with van der Waals surface area (Å²) in [6.07, 6.45) is 0.768. The van der Waals surface area contributed by atoms with Gasteiger partial charge in [-0.3, -0.25) is 0 Å². The summed E-state index contributed by atoms with van der Waals surface area (Å²) in [4.78, 5) is 3.41. The van der Waals surface area contributed by atoms with Gasteiger partial charge in [0.05, 0.1) is 10.9 Å². The minimum absolute atomic E-state index is 0.0817. The Morgan fingerprint density at radius 2 is 2.00 bits per heavy atom. The van der Waals surface area contributed by atoms with Gasteiger partial charge in [-0.25, -0.2) is 0 Å². The maximum atomic E-state index is 6.32. The fraction of sp³-hybridized carbons (Fsp3) is 0.333. The molecule has 0 radical (unpaired) electrons. The van der Waals surface area contributed by atoms with Crippen LogP contribution in [0, 0.1) is 0 Å². The molecule has 0 spiro atoms. The van der Waals surface area contributed by atoms with E-state index >= 15 is 0 Å². The van der Waals surface area contributed by atoms with Crippen LogP contribution in [-0.4, -0.2) is 13.1 Å². The third kappa shape index (κ3) is 3.89. The van der Waals surface area contributed by atoms with Gasteiger partial charge in [0.1, 0.15) is 0 Å². The molecule has 2 nitrogen and oxygen atoms in total. The van der Waals surface area contributed by atoms with Crippen LogP contribution in [0.3, 0.4) is 0 Å². The van der Waals surface area contributed by atoms with E-state index < -0.39 is 0 Å². The second-order valence-corrected chi connectivity index (χ2v) is 7.19. The summed E-state index contributed by atoms with van der Waals surface area (Å²) in [6, 6.07) is 10.0. The highest BCUT2D eigenvalue weighted by Gasteiger charge is 2.13. The second-order valence-electron chi connectivity index (χ2n) is 4.98. The molecule has 20 heavy (non-hydrogen) atoms. The molecule has 1 aromatic carbocycles. The molecule has 2 aromatic rings. The third-order valence-electron chi connectivity index (χ3n) is 3.05. The molecule has 0 aliphatic heterocycles. The summed E-state index contributed by atoms with van der Waals surface area (Å²) < 4.78 is 0.815. The zero-order chi connectivity index (χ0) is 14.7. The molecule has 0 aliphatic rings. The summed E-state index contributed by atoms with van der Waals surface area (Å²) in [6.45, 7) is 2.80. The summed E-state index contributed by atoms with van der Waals surface area (Å²) >= 11 is 13.9. The standard InChI is InChI=1S/C15H18Cl2N2S/c1-10(18)8-12-13(16)4-3-5-14(12)19(2)9-11-6-7-15(17)20-11/h3-7,10H,8-9,18H2,1-2H3. The van der Waals surface area contributed by atoms with Crippen molar-refractivity contribution in [1.82, 2.24) is 0 Å². The summed E-state index contributed by atoms with van der Waals surface area (Å²) in [5.74, 6) is 0. The van der Waals surface area contributed by atoms with Crippen LogP contribution in [0.4, 0.5) is 5.69 Å². The van der Waals surface area contributed by atoms with E-state index in [-0.39, 0.29) is 6.04 Å². The minimum Gasteiger partial charge on any atom is -0.369 e. The summed E-state index contributed by atoms with van der Waals surface area (Å²) in [5.41, 5.74) is 8.16. The van der Waals surface area contributed by atoms with E-state index in [0.717, 1.165) is 33.6 Å². The van der Waals surface area contributed by atoms with Gasteiger partial charge >= 0.3 is 0 Å². The van der Waals surface area contributed by atoms with Gasteiger partial charge in [0.25, 0.3) is 0 Å². The van der Waals surface area contributed by atoms with Crippen molar-refractivity contribution in [2.45, 2.75) is 25.9 Å². The van der Waals surface area contributed by atoms with E-state index in [1.54, 1.807) is 11.3 Å². The van der Waals surface area contributed by atoms with Crippen molar-refractivity contribution in [2.75, 3.05) is 11.9 Å². The first kappa shape index (κ1) is 15.6. The van der Waals surface area contributed by atoms with Gasteiger partial charge in [0, 0.05) is 28.7 Å². The molecule has 0 aliphatic carbocycles. The van der Waals surface area contributed by atoms with Crippen molar-refractivity contribution in [3.8, 4) is 0 Å². The molecule has 2 N–H and O–H groups in total. The largest absolute Gasteiger partial charge is 0.369 e. The smallest absolute Gasteiger partial charge is 0.0931 e. The zero-order valence-corrected chi connectivity index (χ0v) is 13.9. The molecule has 0 amide bonds. The van der Waals surface area contributed by atoms with Gasteiger partial charge in [-0.1, -0.05) is 29.3 Å². The average molecular weight is 329 g/mol. The number of hydrogen-bond donors (Lipinski definition) is 1. The van der Waals surface area contributed by atoms with E-state index in [9.17, 15) is 0 Å². The molecule has 0 fully saturated rings. The Kier molecular flexibility index (Phi) is 5.33. The van der Waals surface area contributed by atoms with Crippen LogP contribution in [0.1, 0.15) is 17.4 Å². The Morgan fingerprint density at radius 3 is 2.60 bits per heavy atom. The van der Waals surface area contributed by atoms with Crippen molar-refractivity contribution in [3.63, 3.8) is 0 Å². The first-order valence-electron chi connectivity index (χ1n) is 6.45. The van der Waals surface area contributed by atoms with Gasteiger partial charge < -0.3 is 10.6 Å². The molecule has 2 rings (SSSR count). The van der Waals surface area contributed by atoms with E-state index in [1.807, 2.05) is 25.1 Å². The Hall–Kier alpha value is -0.740. The van der Waals surface area contributed by atoms with Gasteiger partial charge in [-0.15, -0.1) is 11.3 Å². The Morgan fingerprint density at radius 1 is 1.25 bits per heavy atom. The molecule has 1 atom stereocenters. The van der Waals surface area contributed by atoms with Crippen LogP contribution in [0.15, 0.2) is 30.3 Å². The van der Waals surface area contributed by atoms with Crippen molar-refractivity contribution in [1.29, 1.82) is 0 Å². The van der Waals surface area contributed by atoms with E-state index in [4.69, 9.17) is 28.9 Å². The quantitative estimate of drug-likeness (QED) is 0.870. The van der Waals surface area contributed by atoms with Crippen LogP contribution in [0.5, 0.6) is 0 Å². The summed E-state index contributed by atoms with van der Waals surface area (Å²) in [7, 11) is 2.06. The van der Waals surface area contributed by atoms with Crippen LogP contribution < -0.4 is 10.6 Å². The number of halogens is 2. The molecular formula is C15H18Cl2N2S. The molecule has 0 bridgehead atoms. The fourth-order valence-corrected chi connectivity index (χ4v) is 3.57. The molecule has 1 unspecified atom stereocenters. The van der Waals surface area contributed by atoms with Crippen LogP contribution in [0.2, 0.25) is 9.36 Å². The van der Waals surface area contributed by atoms with E-state index in [1.165, 1.54) is 4.88 Å².